The molecular formula is C15H22N4O. The summed E-state index contributed by atoms with van der Waals surface area (Å²) >= 11 is 0. The number of aryl methyl sites for hydroxylation is 1. The fourth-order valence-electron chi connectivity index (χ4n) is 2.92. The summed E-state index contributed by atoms with van der Waals surface area (Å²) in [6.45, 7) is 4.64. The van der Waals surface area contributed by atoms with Gasteiger partial charge in [-0.3, -0.25) is 0 Å². The summed E-state index contributed by atoms with van der Waals surface area (Å²) < 4.78 is 2.23. The van der Waals surface area contributed by atoms with E-state index >= 15 is 0 Å². The molecule has 1 fully saturated rings. The smallest absolute Gasteiger partial charge is 0.160 e. The van der Waals surface area contributed by atoms with Gasteiger partial charge in [0.05, 0.1) is 0 Å². The van der Waals surface area contributed by atoms with Crippen molar-refractivity contribution in [1.29, 1.82) is 0 Å². The van der Waals surface area contributed by atoms with E-state index in [0.717, 1.165) is 42.9 Å². The zero-order valence-electron chi connectivity index (χ0n) is 11.8. The molecule has 5 heteroatoms. The highest BCUT2D eigenvalue weighted by Gasteiger charge is 2.15. The summed E-state index contributed by atoms with van der Waals surface area (Å²) in [6.07, 6.45) is 6.03. The maximum absolute atomic E-state index is 9.03. The Kier molecular flexibility index (Phi) is 4.28. The lowest BCUT2D eigenvalue weighted by Gasteiger charge is -2.16. The second-order valence-corrected chi connectivity index (χ2v) is 5.40. The van der Waals surface area contributed by atoms with Crippen LogP contribution >= 0.6 is 0 Å². The van der Waals surface area contributed by atoms with Gasteiger partial charge in [0, 0.05) is 32.3 Å². The molecule has 1 N–H and O–H groups in total. The maximum atomic E-state index is 9.03. The number of hydrogen-bond donors (Lipinski definition) is 1. The minimum absolute atomic E-state index is 0.211. The SMILES string of the molecule is OCCCc1nc2cccnc2n1CCN1CCCC1. The van der Waals surface area contributed by atoms with Gasteiger partial charge < -0.3 is 14.6 Å². The van der Waals surface area contributed by atoms with E-state index in [9.17, 15) is 0 Å². The lowest BCUT2D eigenvalue weighted by atomic mass is 10.3. The van der Waals surface area contributed by atoms with Crippen molar-refractivity contribution in [3.63, 3.8) is 0 Å². The zero-order chi connectivity index (χ0) is 13.8. The molecule has 1 aliphatic rings. The van der Waals surface area contributed by atoms with Crippen LogP contribution in [-0.4, -0.2) is 50.8 Å². The quantitative estimate of drug-likeness (QED) is 0.866. The zero-order valence-corrected chi connectivity index (χ0v) is 11.8. The first kappa shape index (κ1) is 13.5. The van der Waals surface area contributed by atoms with E-state index in [1.54, 1.807) is 0 Å². The van der Waals surface area contributed by atoms with Crippen molar-refractivity contribution < 1.29 is 5.11 Å². The predicted molar refractivity (Wildman–Crippen MR) is 78.6 cm³/mol. The van der Waals surface area contributed by atoms with Crippen molar-refractivity contribution in [2.45, 2.75) is 32.2 Å². The molecule has 0 spiro atoms. The number of aliphatic hydroxyl groups is 1. The van der Waals surface area contributed by atoms with Crippen LogP contribution in [0.3, 0.4) is 0 Å². The molecular weight excluding hydrogens is 252 g/mol. The number of imidazole rings is 1. The largest absolute Gasteiger partial charge is 0.396 e. The van der Waals surface area contributed by atoms with Crippen LogP contribution in [0.2, 0.25) is 0 Å². The Morgan fingerprint density at radius 3 is 2.85 bits per heavy atom. The molecule has 0 bridgehead atoms. The highest BCUT2D eigenvalue weighted by molar-refractivity contribution is 5.71. The predicted octanol–water partition coefficient (Wildman–Crippen LogP) is 1.45. The summed E-state index contributed by atoms with van der Waals surface area (Å²) in [5.74, 6) is 1.05. The van der Waals surface area contributed by atoms with E-state index in [0.29, 0.717) is 0 Å². The third-order valence-corrected chi connectivity index (χ3v) is 3.98. The first-order valence-electron chi connectivity index (χ1n) is 7.52. The molecule has 1 aliphatic heterocycles. The first-order valence-corrected chi connectivity index (χ1v) is 7.52. The second-order valence-electron chi connectivity index (χ2n) is 5.40. The lowest BCUT2D eigenvalue weighted by molar-refractivity contribution is 0.285. The summed E-state index contributed by atoms with van der Waals surface area (Å²) in [5.41, 5.74) is 1.93. The van der Waals surface area contributed by atoms with Crippen molar-refractivity contribution in [3.05, 3.63) is 24.2 Å². The Hall–Kier alpha value is -1.46. The van der Waals surface area contributed by atoms with Gasteiger partial charge in [0.25, 0.3) is 0 Å². The average molecular weight is 274 g/mol. The molecule has 0 amide bonds. The van der Waals surface area contributed by atoms with Crippen molar-refractivity contribution in [3.8, 4) is 0 Å². The van der Waals surface area contributed by atoms with Crippen molar-refractivity contribution in [2.24, 2.45) is 0 Å². The highest BCUT2D eigenvalue weighted by Crippen LogP contribution is 2.16. The molecule has 3 heterocycles. The summed E-state index contributed by atoms with van der Waals surface area (Å²) in [5, 5.41) is 9.03. The first-order chi connectivity index (χ1) is 9.88. The molecule has 0 unspecified atom stereocenters. The van der Waals surface area contributed by atoms with E-state index in [1.807, 2.05) is 18.3 Å². The molecule has 108 valence electrons. The third-order valence-electron chi connectivity index (χ3n) is 3.98. The molecule has 5 nitrogen and oxygen atoms in total. The minimum atomic E-state index is 0.211. The standard InChI is InChI=1S/C15H22N4O/c20-12-4-6-14-17-13-5-3-7-16-15(13)19(14)11-10-18-8-1-2-9-18/h3,5,7,20H,1-2,4,6,8-12H2. The number of nitrogens with zero attached hydrogens (tertiary/aromatic N) is 4. The molecule has 1 saturated heterocycles. The van der Waals surface area contributed by atoms with Crippen LogP contribution in [0.1, 0.15) is 25.1 Å². The Morgan fingerprint density at radius 2 is 2.05 bits per heavy atom. The molecule has 2 aromatic heterocycles. The van der Waals surface area contributed by atoms with Gasteiger partial charge in [0.2, 0.25) is 0 Å². The summed E-state index contributed by atoms with van der Waals surface area (Å²) in [6, 6.07) is 3.94. The minimum Gasteiger partial charge on any atom is -0.396 e. The maximum Gasteiger partial charge on any atom is 0.160 e. The van der Waals surface area contributed by atoms with E-state index in [1.165, 1.54) is 25.9 Å². The molecule has 0 aromatic carbocycles. The average Bonchev–Trinajstić information content (AvgIpc) is 3.10. The van der Waals surface area contributed by atoms with Crippen molar-refractivity contribution in [1.82, 2.24) is 19.4 Å². The van der Waals surface area contributed by atoms with Crippen molar-refractivity contribution >= 4 is 11.2 Å². The monoisotopic (exact) mass is 274 g/mol. The van der Waals surface area contributed by atoms with Crippen LogP contribution in [-0.2, 0) is 13.0 Å². The fraction of sp³-hybridized carbons (Fsp3) is 0.600. The van der Waals surface area contributed by atoms with Crippen LogP contribution < -0.4 is 0 Å². The number of aromatic nitrogens is 3. The Bertz CT molecular complexity index is 560. The van der Waals surface area contributed by atoms with Gasteiger partial charge in [0.1, 0.15) is 11.3 Å². The number of pyridine rings is 1. The van der Waals surface area contributed by atoms with Gasteiger partial charge in [0.15, 0.2) is 5.65 Å². The third kappa shape index (κ3) is 2.83. The van der Waals surface area contributed by atoms with Crippen LogP contribution in [0.5, 0.6) is 0 Å². The van der Waals surface area contributed by atoms with Gasteiger partial charge in [-0.2, -0.15) is 0 Å². The number of likely N-dealkylation sites (tertiary alicyclic amines) is 1. The van der Waals surface area contributed by atoms with Gasteiger partial charge in [-0.25, -0.2) is 9.97 Å². The van der Waals surface area contributed by atoms with Crippen molar-refractivity contribution in [2.75, 3.05) is 26.2 Å². The molecule has 0 radical (unpaired) electrons. The molecule has 3 rings (SSSR count). The van der Waals surface area contributed by atoms with Crippen LogP contribution in [0.15, 0.2) is 18.3 Å². The number of hydrogen-bond acceptors (Lipinski definition) is 4. The van der Waals surface area contributed by atoms with E-state index in [4.69, 9.17) is 5.11 Å². The summed E-state index contributed by atoms with van der Waals surface area (Å²) in [7, 11) is 0. The fourth-order valence-corrected chi connectivity index (χ4v) is 2.92. The van der Waals surface area contributed by atoms with Crippen LogP contribution in [0.4, 0.5) is 0 Å². The van der Waals surface area contributed by atoms with E-state index in [2.05, 4.69) is 19.4 Å². The van der Waals surface area contributed by atoms with E-state index < -0.39 is 0 Å². The second kappa shape index (κ2) is 6.33. The number of rotatable bonds is 6. The van der Waals surface area contributed by atoms with Gasteiger partial charge in [-0.05, 0) is 44.5 Å². The van der Waals surface area contributed by atoms with Crippen LogP contribution in [0, 0.1) is 0 Å². The Morgan fingerprint density at radius 1 is 1.20 bits per heavy atom. The molecule has 0 atom stereocenters. The molecule has 2 aromatic rings. The highest BCUT2D eigenvalue weighted by atomic mass is 16.2. The number of fused-ring (bicyclic) bond motifs is 1. The Balaban J connectivity index is 1.81. The number of aliphatic hydroxyl groups excluding tert-OH is 1. The Labute approximate surface area is 119 Å². The molecule has 0 saturated carbocycles. The topological polar surface area (TPSA) is 54.2 Å². The molecule has 0 aliphatic carbocycles. The summed E-state index contributed by atoms with van der Waals surface area (Å²) in [4.78, 5) is 11.6. The normalized spacial score (nSPS) is 16.2. The lowest BCUT2D eigenvalue weighted by Crippen LogP contribution is -2.24. The van der Waals surface area contributed by atoms with Gasteiger partial charge in [-0.1, -0.05) is 0 Å². The van der Waals surface area contributed by atoms with Crippen LogP contribution in [0.25, 0.3) is 11.2 Å². The van der Waals surface area contributed by atoms with Gasteiger partial charge in [-0.15, -0.1) is 0 Å². The van der Waals surface area contributed by atoms with Gasteiger partial charge >= 0.3 is 0 Å². The van der Waals surface area contributed by atoms with E-state index in [-0.39, 0.29) is 6.61 Å². The molecule has 20 heavy (non-hydrogen) atoms.